The molecule has 0 unspecified atom stereocenters. The molecule has 0 atom stereocenters. The molecule has 1 amide bonds. The van der Waals surface area contributed by atoms with Gasteiger partial charge in [-0.1, -0.05) is 24.8 Å². The second kappa shape index (κ2) is 9.90. The molecule has 0 radical (unpaired) electrons. The normalized spacial score (nSPS) is 15.0. The summed E-state index contributed by atoms with van der Waals surface area (Å²) in [5.41, 5.74) is 4.40. The van der Waals surface area contributed by atoms with Crippen LogP contribution in [0.5, 0.6) is 0 Å². The molecule has 1 saturated heterocycles. The molecule has 3 rings (SSSR count). The van der Waals surface area contributed by atoms with Crippen molar-refractivity contribution in [2.75, 3.05) is 31.5 Å². The molecule has 0 bridgehead atoms. The zero-order chi connectivity index (χ0) is 22.4. The van der Waals surface area contributed by atoms with E-state index in [0.717, 1.165) is 52.5 Å². The number of carbonyl (C=O) groups is 1. The molecule has 1 aromatic carbocycles. The van der Waals surface area contributed by atoms with Gasteiger partial charge in [-0.2, -0.15) is 10.4 Å². The Morgan fingerprint density at radius 3 is 2.61 bits per heavy atom. The van der Waals surface area contributed by atoms with Crippen LogP contribution in [0.3, 0.4) is 0 Å². The lowest BCUT2D eigenvalue weighted by Gasteiger charge is -2.34. The molecule has 7 nitrogen and oxygen atoms in total. The molecular formula is C24H28N6O. The number of carbonyl (C=O) groups excluding carboxylic acids is 1. The van der Waals surface area contributed by atoms with Crippen molar-refractivity contribution < 1.29 is 4.79 Å². The van der Waals surface area contributed by atoms with Crippen LogP contribution in [-0.4, -0.2) is 52.6 Å². The Morgan fingerprint density at radius 2 is 1.97 bits per heavy atom. The van der Waals surface area contributed by atoms with E-state index >= 15 is 0 Å². The molecule has 2 heterocycles. The van der Waals surface area contributed by atoms with E-state index < -0.39 is 0 Å². The van der Waals surface area contributed by atoms with Gasteiger partial charge in [0.15, 0.2) is 5.82 Å². The van der Waals surface area contributed by atoms with Crippen molar-refractivity contribution in [1.29, 1.82) is 5.26 Å². The number of nitrogens with one attached hydrogen (secondary N) is 1. The number of rotatable bonds is 6. The number of hydrogen-bond donors (Lipinski definition) is 1. The molecule has 1 aromatic heterocycles. The van der Waals surface area contributed by atoms with Crippen LogP contribution in [-0.2, 0) is 11.3 Å². The number of aryl methyl sites for hydroxylation is 1. The van der Waals surface area contributed by atoms with Crippen LogP contribution in [0.25, 0.3) is 12.2 Å². The van der Waals surface area contributed by atoms with E-state index in [4.69, 9.17) is 0 Å². The number of hydrogen-bond acceptors (Lipinski definition) is 6. The first-order chi connectivity index (χ1) is 15.0. The van der Waals surface area contributed by atoms with Gasteiger partial charge in [-0.3, -0.25) is 4.79 Å². The summed E-state index contributed by atoms with van der Waals surface area (Å²) in [4.78, 5) is 14.9. The highest BCUT2D eigenvalue weighted by Gasteiger charge is 2.16. The molecule has 160 valence electrons. The van der Waals surface area contributed by atoms with Crippen LogP contribution in [0.15, 0.2) is 30.5 Å². The number of allylic oxidation sites excluding steroid dienone is 1. The SMILES string of the molecule is C=C(/C=c1/c(NCc2cccc(C#N)c2C)nnc(C)/c1=C/C)N1CCN(C=O)CC1. The van der Waals surface area contributed by atoms with Crippen LogP contribution < -0.4 is 15.8 Å². The van der Waals surface area contributed by atoms with Gasteiger partial charge in [0.2, 0.25) is 6.41 Å². The fourth-order valence-corrected chi connectivity index (χ4v) is 3.74. The second-order valence-corrected chi connectivity index (χ2v) is 7.57. The average Bonchev–Trinajstić information content (AvgIpc) is 2.79. The van der Waals surface area contributed by atoms with E-state index in [1.54, 1.807) is 4.90 Å². The maximum absolute atomic E-state index is 11.0. The van der Waals surface area contributed by atoms with Gasteiger partial charge < -0.3 is 15.1 Å². The van der Waals surface area contributed by atoms with Crippen molar-refractivity contribution >= 4 is 24.4 Å². The molecule has 31 heavy (non-hydrogen) atoms. The number of anilines is 1. The first kappa shape index (κ1) is 22.0. The zero-order valence-electron chi connectivity index (χ0n) is 18.4. The summed E-state index contributed by atoms with van der Waals surface area (Å²) in [5.74, 6) is 0.674. The molecule has 1 fully saturated rings. The van der Waals surface area contributed by atoms with Gasteiger partial charge in [0.25, 0.3) is 0 Å². The average molecular weight is 417 g/mol. The molecule has 0 aliphatic carbocycles. The fraction of sp³-hybridized carbons (Fsp3) is 0.333. The summed E-state index contributed by atoms with van der Waals surface area (Å²) in [6.45, 7) is 13.6. The van der Waals surface area contributed by atoms with Gasteiger partial charge in [-0.05, 0) is 44.0 Å². The second-order valence-electron chi connectivity index (χ2n) is 7.57. The van der Waals surface area contributed by atoms with E-state index in [9.17, 15) is 10.1 Å². The monoisotopic (exact) mass is 416 g/mol. The Morgan fingerprint density at radius 1 is 1.23 bits per heavy atom. The number of piperazine rings is 1. The highest BCUT2D eigenvalue weighted by atomic mass is 16.1. The fourth-order valence-electron chi connectivity index (χ4n) is 3.74. The topological polar surface area (TPSA) is 85.2 Å². The van der Waals surface area contributed by atoms with Crippen LogP contribution in [0.2, 0.25) is 0 Å². The minimum absolute atomic E-state index is 0.535. The number of benzene rings is 1. The van der Waals surface area contributed by atoms with E-state index in [1.165, 1.54) is 0 Å². The van der Waals surface area contributed by atoms with Crippen LogP contribution in [0, 0.1) is 25.2 Å². The zero-order valence-corrected chi connectivity index (χ0v) is 18.4. The molecule has 1 aliphatic heterocycles. The number of aromatic nitrogens is 2. The number of amides is 1. The largest absolute Gasteiger partial charge is 0.368 e. The summed E-state index contributed by atoms with van der Waals surface area (Å²) in [6, 6.07) is 7.95. The summed E-state index contributed by atoms with van der Waals surface area (Å²) >= 11 is 0. The third-order valence-corrected chi connectivity index (χ3v) is 5.72. The molecule has 2 aromatic rings. The highest BCUT2D eigenvalue weighted by molar-refractivity contribution is 5.54. The third-order valence-electron chi connectivity index (χ3n) is 5.72. The van der Waals surface area contributed by atoms with Crippen molar-refractivity contribution in [3.05, 3.63) is 63.3 Å². The highest BCUT2D eigenvalue weighted by Crippen LogP contribution is 2.14. The Kier molecular flexibility index (Phi) is 7.03. The standard InChI is InChI=1S/C24H28N6O/c1-5-22-19(4)27-28-24(26-15-21-8-6-7-20(14-25)18(21)3)23(22)13-17(2)30-11-9-29(16-31)10-12-30/h5-8,13,16H,2,9-12,15H2,1,3-4H3,(H,26,28)/b22-5-,23-13+. The Labute approximate surface area is 183 Å². The van der Waals surface area contributed by atoms with Crippen molar-refractivity contribution in [2.45, 2.75) is 27.3 Å². The first-order valence-corrected chi connectivity index (χ1v) is 10.4. The summed E-state index contributed by atoms with van der Waals surface area (Å²) in [5, 5.41) is 23.4. The van der Waals surface area contributed by atoms with Gasteiger partial charge in [0.1, 0.15) is 0 Å². The predicted octanol–water partition coefficient (Wildman–Crippen LogP) is 1.45. The lowest BCUT2D eigenvalue weighted by atomic mass is 10.0. The lowest BCUT2D eigenvalue weighted by Crippen LogP contribution is -2.45. The number of nitriles is 1. The minimum Gasteiger partial charge on any atom is -0.368 e. The number of nitrogens with zero attached hydrogens (tertiary/aromatic N) is 5. The van der Waals surface area contributed by atoms with E-state index in [-0.39, 0.29) is 0 Å². The van der Waals surface area contributed by atoms with Crippen LogP contribution in [0.1, 0.15) is 29.3 Å². The lowest BCUT2D eigenvalue weighted by molar-refractivity contribution is -0.119. The van der Waals surface area contributed by atoms with Gasteiger partial charge in [0.05, 0.1) is 17.3 Å². The molecule has 0 spiro atoms. The first-order valence-electron chi connectivity index (χ1n) is 10.4. The Bertz CT molecular complexity index is 1140. The molecular weight excluding hydrogens is 388 g/mol. The predicted molar refractivity (Wildman–Crippen MR) is 122 cm³/mol. The van der Waals surface area contributed by atoms with Crippen molar-refractivity contribution in [3.63, 3.8) is 0 Å². The molecule has 7 heteroatoms. The van der Waals surface area contributed by atoms with Crippen molar-refractivity contribution in [3.8, 4) is 6.07 Å². The quantitative estimate of drug-likeness (QED) is 0.718. The summed E-state index contributed by atoms with van der Waals surface area (Å²) in [7, 11) is 0. The van der Waals surface area contributed by atoms with Crippen LogP contribution >= 0.6 is 0 Å². The van der Waals surface area contributed by atoms with Crippen LogP contribution in [0.4, 0.5) is 5.82 Å². The summed E-state index contributed by atoms with van der Waals surface area (Å²) in [6.07, 6.45) is 4.96. The van der Waals surface area contributed by atoms with Gasteiger partial charge in [-0.25, -0.2) is 0 Å². The smallest absolute Gasteiger partial charge is 0.209 e. The van der Waals surface area contributed by atoms with E-state index in [0.29, 0.717) is 31.0 Å². The Hall–Kier alpha value is -3.66. The Balaban J connectivity index is 1.92. The van der Waals surface area contributed by atoms with E-state index in [1.807, 2.05) is 51.1 Å². The van der Waals surface area contributed by atoms with Crippen molar-refractivity contribution in [1.82, 2.24) is 20.0 Å². The molecule has 0 saturated carbocycles. The maximum atomic E-state index is 11.0. The molecule has 1 N–H and O–H groups in total. The van der Waals surface area contributed by atoms with Crippen molar-refractivity contribution in [2.24, 2.45) is 0 Å². The maximum Gasteiger partial charge on any atom is 0.209 e. The van der Waals surface area contributed by atoms with E-state index in [2.05, 4.69) is 33.1 Å². The van der Waals surface area contributed by atoms with Gasteiger partial charge in [-0.15, -0.1) is 5.10 Å². The van der Waals surface area contributed by atoms with Gasteiger partial charge in [0, 0.05) is 48.9 Å². The summed E-state index contributed by atoms with van der Waals surface area (Å²) < 4.78 is 0. The van der Waals surface area contributed by atoms with Gasteiger partial charge >= 0.3 is 0 Å². The minimum atomic E-state index is 0.535. The third kappa shape index (κ3) is 4.92. The molecule has 1 aliphatic rings.